The summed E-state index contributed by atoms with van der Waals surface area (Å²) in [5, 5.41) is 4.32. The minimum Gasteiger partial charge on any atom is -0.356 e. The Morgan fingerprint density at radius 3 is 2.68 bits per heavy atom. The third-order valence-electron chi connectivity index (χ3n) is 6.20. The van der Waals surface area contributed by atoms with Gasteiger partial charge in [0, 0.05) is 43.5 Å². The molecule has 2 aromatic heterocycles. The SMILES string of the molecule is Cc1sc2ncnc(N3CCC(C(=O)NCCN(C)Cc4ccccc4)CC3)c2c1C. The molecule has 1 N–H and O–H groups in total. The minimum absolute atomic E-state index is 0.0818. The Hall–Kier alpha value is -2.51. The van der Waals surface area contributed by atoms with E-state index >= 15 is 0 Å². The molecule has 1 aliphatic rings. The number of anilines is 1. The summed E-state index contributed by atoms with van der Waals surface area (Å²) in [6.07, 6.45) is 3.39. The van der Waals surface area contributed by atoms with Crippen LogP contribution in [0.25, 0.3) is 10.2 Å². The standard InChI is InChI=1S/C24H31N5OS/c1-17-18(2)31-24-21(17)22(26-16-27-24)29-12-9-20(10-13-29)23(30)25-11-14-28(3)15-19-7-5-4-6-8-19/h4-8,16,20H,9-15H2,1-3H3,(H,25,30). The monoisotopic (exact) mass is 437 g/mol. The first-order valence-electron chi connectivity index (χ1n) is 11.0. The number of thiophene rings is 1. The van der Waals surface area contributed by atoms with Crippen molar-refractivity contribution in [2.75, 3.05) is 38.1 Å². The fourth-order valence-corrected chi connectivity index (χ4v) is 5.24. The van der Waals surface area contributed by atoms with Crippen LogP contribution in [0.15, 0.2) is 36.7 Å². The van der Waals surface area contributed by atoms with E-state index in [2.05, 4.69) is 70.2 Å². The molecule has 1 aliphatic heterocycles. The van der Waals surface area contributed by atoms with Crippen LogP contribution in [-0.4, -0.2) is 54.0 Å². The van der Waals surface area contributed by atoms with E-state index in [4.69, 9.17) is 0 Å². The lowest BCUT2D eigenvalue weighted by atomic mass is 9.95. The second kappa shape index (κ2) is 9.75. The van der Waals surface area contributed by atoms with Gasteiger partial charge in [-0.2, -0.15) is 0 Å². The molecule has 0 aliphatic carbocycles. The quantitative estimate of drug-likeness (QED) is 0.610. The van der Waals surface area contributed by atoms with Crippen molar-refractivity contribution in [2.45, 2.75) is 33.2 Å². The maximum Gasteiger partial charge on any atom is 0.223 e. The average Bonchev–Trinajstić information content (AvgIpc) is 3.08. The highest BCUT2D eigenvalue weighted by Crippen LogP contribution is 2.35. The first-order chi connectivity index (χ1) is 15.0. The van der Waals surface area contributed by atoms with Crippen LogP contribution in [-0.2, 0) is 11.3 Å². The smallest absolute Gasteiger partial charge is 0.223 e. The number of nitrogens with zero attached hydrogens (tertiary/aromatic N) is 4. The number of benzene rings is 1. The highest BCUT2D eigenvalue weighted by Gasteiger charge is 2.27. The van der Waals surface area contributed by atoms with Crippen LogP contribution in [0.3, 0.4) is 0 Å². The maximum absolute atomic E-state index is 12.7. The van der Waals surface area contributed by atoms with Gasteiger partial charge in [-0.15, -0.1) is 11.3 Å². The molecule has 0 atom stereocenters. The van der Waals surface area contributed by atoms with Crippen LogP contribution >= 0.6 is 11.3 Å². The van der Waals surface area contributed by atoms with Crippen molar-refractivity contribution >= 4 is 33.3 Å². The molecule has 6 nitrogen and oxygen atoms in total. The van der Waals surface area contributed by atoms with E-state index in [-0.39, 0.29) is 11.8 Å². The zero-order valence-corrected chi connectivity index (χ0v) is 19.4. The van der Waals surface area contributed by atoms with Gasteiger partial charge < -0.3 is 15.1 Å². The molecule has 0 unspecified atom stereocenters. The molecule has 3 aromatic rings. The van der Waals surface area contributed by atoms with Crippen molar-refractivity contribution in [3.05, 3.63) is 52.7 Å². The van der Waals surface area contributed by atoms with Gasteiger partial charge in [-0.05, 0) is 44.9 Å². The Bertz CT molecular complexity index is 1030. The van der Waals surface area contributed by atoms with Crippen molar-refractivity contribution < 1.29 is 4.79 Å². The minimum atomic E-state index is 0.0818. The Kier molecular flexibility index (Phi) is 6.83. The normalized spacial score (nSPS) is 15.0. The molecule has 164 valence electrons. The summed E-state index contributed by atoms with van der Waals surface area (Å²) < 4.78 is 0. The lowest BCUT2D eigenvalue weighted by molar-refractivity contribution is -0.125. The largest absolute Gasteiger partial charge is 0.356 e. The zero-order valence-electron chi connectivity index (χ0n) is 18.6. The molecule has 4 rings (SSSR count). The molecule has 0 radical (unpaired) electrons. The Morgan fingerprint density at radius 2 is 1.94 bits per heavy atom. The van der Waals surface area contributed by atoms with E-state index in [1.165, 1.54) is 21.4 Å². The van der Waals surface area contributed by atoms with Crippen molar-refractivity contribution in [2.24, 2.45) is 5.92 Å². The highest BCUT2D eigenvalue weighted by atomic mass is 32.1. The first-order valence-corrected chi connectivity index (χ1v) is 11.8. The number of aromatic nitrogens is 2. The molecular formula is C24H31N5OS. The third kappa shape index (κ3) is 5.05. The van der Waals surface area contributed by atoms with E-state index < -0.39 is 0 Å². The number of hydrogen-bond donors (Lipinski definition) is 1. The fourth-order valence-electron chi connectivity index (χ4n) is 4.25. The summed E-state index contributed by atoms with van der Waals surface area (Å²) >= 11 is 1.73. The first kappa shape index (κ1) is 21.7. The molecule has 0 saturated carbocycles. The van der Waals surface area contributed by atoms with Gasteiger partial charge in [-0.25, -0.2) is 9.97 Å². The Morgan fingerprint density at radius 1 is 1.19 bits per heavy atom. The molecule has 1 saturated heterocycles. The van der Waals surface area contributed by atoms with Gasteiger partial charge in [0.15, 0.2) is 0 Å². The maximum atomic E-state index is 12.7. The van der Waals surface area contributed by atoms with Gasteiger partial charge in [0.05, 0.1) is 5.39 Å². The Balaban J connectivity index is 1.26. The number of carbonyl (C=O) groups excluding carboxylic acids is 1. The van der Waals surface area contributed by atoms with Gasteiger partial charge in [0.2, 0.25) is 5.91 Å². The van der Waals surface area contributed by atoms with Crippen LogP contribution < -0.4 is 10.2 Å². The number of hydrogen-bond acceptors (Lipinski definition) is 6. The van der Waals surface area contributed by atoms with Gasteiger partial charge in [0.25, 0.3) is 0 Å². The van der Waals surface area contributed by atoms with Gasteiger partial charge >= 0.3 is 0 Å². The topological polar surface area (TPSA) is 61.4 Å². The van der Waals surface area contributed by atoms with E-state index in [1.54, 1.807) is 17.7 Å². The summed E-state index contributed by atoms with van der Waals surface area (Å²) in [6.45, 7) is 8.41. The van der Waals surface area contributed by atoms with Crippen molar-refractivity contribution in [1.82, 2.24) is 20.2 Å². The summed E-state index contributed by atoms with van der Waals surface area (Å²) in [6, 6.07) is 10.4. The summed E-state index contributed by atoms with van der Waals surface area (Å²) in [5.41, 5.74) is 2.56. The molecular weight excluding hydrogens is 406 g/mol. The van der Waals surface area contributed by atoms with Crippen molar-refractivity contribution in [3.63, 3.8) is 0 Å². The van der Waals surface area contributed by atoms with Crippen LogP contribution in [0.1, 0.15) is 28.8 Å². The lowest BCUT2D eigenvalue weighted by Crippen LogP contribution is -2.42. The predicted molar refractivity (Wildman–Crippen MR) is 128 cm³/mol. The molecule has 1 fully saturated rings. The number of carbonyl (C=O) groups is 1. The Labute approximate surface area is 188 Å². The molecule has 7 heteroatoms. The lowest BCUT2D eigenvalue weighted by Gasteiger charge is -2.32. The molecule has 1 amide bonds. The summed E-state index contributed by atoms with van der Waals surface area (Å²) in [7, 11) is 2.09. The van der Waals surface area contributed by atoms with Crippen LogP contribution in [0.5, 0.6) is 0 Å². The fraction of sp³-hybridized carbons (Fsp3) is 0.458. The number of rotatable bonds is 7. The highest BCUT2D eigenvalue weighted by molar-refractivity contribution is 7.18. The van der Waals surface area contributed by atoms with E-state index in [9.17, 15) is 4.79 Å². The van der Waals surface area contributed by atoms with E-state index in [1.807, 2.05) is 6.07 Å². The van der Waals surface area contributed by atoms with E-state index in [0.717, 1.165) is 49.7 Å². The number of nitrogens with one attached hydrogen (secondary N) is 1. The molecule has 1 aromatic carbocycles. The van der Waals surface area contributed by atoms with Crippen molar-refractivity contribution in [1.29, 1.82) is 0 Å². The van der Waals surface area contributed by atoms with Gasteiger partial charge in [-0.3, -0.25) is 4.79 Å². The second-order valence-corrected chi connectivity index (χ2v) is 9.64. The number of fused-ring (bicyclic) bond motifs is 1. The van der Waals surface area contributed by atoms with Gasteiger partial charge in [0.1, 0.15) is 17.0 Å². The number of aryl methyl sites for hydroxylation is 2. The second-order valence-electron chi connectivity index (χ2n) is 8.44. The molecule has 3 heterocycles. The van der Waals surface area contributed by atoms with Crippen LogP contribution in [0.2, 0.25) is 0 Å². The molecule has 31 heavy (non-hydrogen) atoms. The summed E-state index contributed by atoms with van der Waals surface area (Å²) in [5.74, 6) is 1.29. The predicted octanol–water partition coefficient (Wildman–Crippen LogP) is 3.77. The van der Waals surface area contributed by atoms with Crippen LogP contribution in [0.4, 0.5) is 5.82 Å². The number of likely N-dealkylation sites (N-methyl/N-ethyl adjacent to an activating group) is 1. The average molecular weight is 438 g/mol. The number of amides is 1. The van der Waals surface area contributed by atoms with Crippen LogP contribution in [0, 0.1) is 19.8 Å². The van der Waals surface area contributed by atoms with Gasteiger partial charge in [-0.1, -0.05) is 30.3 Å². The molecule has 0 bridgehead atoms. The van der Waals surface area contributed by atoms with E-state index in [0.29, 0.717) is 6.54 Å². The summed E-state index contributed by atoms with van der Waals surface area (Å²) in [4.78, 5) is 28.6. The number of piperidine rings is 1. The third-order valence-corrected chi connectivity index (χ3v) is 7.31. The molecule has 0 spiro atoms. The van der Waals surface area contributed by atoms with Crippen molar-refractivity contribution in [3.8, 4) is 0 Å². The zero-order chi connectivity index (χ0) is 21.8.